The number of hydrogen-bond donors (Lipinski definition) is 0. The lowest BCUT2D eigenvalue weighted by molar-refractivity contribution is -0.132. The molecule has 1 aliphatic carbocycles. The number of carbonyl (C=O) groups is 1. The maximum atomic E-state index is 11.5. The Morgan fingerprint density at radius 1 is 1.45 bits per heavy atom. The minimum atomic E-state index is -0.164. The fraction of sp³-hybridized carbons (Fsp3) is 0.889. The van der Waals surface area contributed by atoms with E-state index >= 15 is 0 Å². The fourth-order valence-electron chi connectivity index (χ4n) is 1.32. The molecule has 11 heavy (non-hydrogen) atoms. The Bertz CT molecular complexity index is 148. The van der Waals surface area contributed by atoms with E-state index < -0.39 is 0 Å². The normalized spacial score (nSPS) is 20.4. The highest BCUT2D eigenvalue weighted by atomic mass is 16.5. The molecule has 1 rings (SSSR count). The molecule has 0 N–H and O–H groups in total. The number of methoxy groups -OCH3 is 1. The zero-order valence-electron chi connectivity index (χ0n) is 7.46. The standard InChI is InChI=1S/C9H16O2/c1-6(2)9(11-3)8(10)7-4-5-7/h6-7,9H,4-5H2,1-3H3. The highest BCUT2D eigenvalue weighted by molar-refractivity contribution is 5.87. The summed E-state index contributed by atoms with van der Waals surface area (Å²) in [5, 5.41) is 0. The summed E-state index contributed by atoms with van der Waals surface area (Å²) < 4.78 is 5.13. The summed E-state index contributed by atoms with van der Waals surface area (Å²) in [6.07, 6.45) is 1.99. The average Bonchev–Trinajstić information content (AvgIpc) is 2.68. The van der Waals surface area contributed by atoms with Crippen molar-refractivity contribution in [2.45, 2.75) is 32.8 Å². The number of hydrogen-bond acceptors (Lipinski definition) is 2. The highest BCUT2D eigenvalue weighted by Gasteiger charge is 2.35. The molecular weight excluding hydrogens is 140 g/mol. The van der Waals surface area contributed by atoms with Gasteiger partial charge < -0.3 is 4.74 Å². The zero-order valence-corrected chi connectivity index (χ0v) is 7.46. The molecule has 0 spiro atoms. The van der Waals surface area contributed by atoms with Crippen LogP contribution in [0.1, 0.15) is 26.7 Å². The molecule has 1 aliphatic rings. The lowest BCUT2D eigenvalue weighted by atomic mass is 10.0. The Balaban J connectivity index is 2.45. The van der Waals surface area contributed by atoms with Crippen molar-refractivity contribution in [3.63, 3.8) is 0 Å². The van der Waals surface area contributed by atoms with Crippen LogP contribution in [0.15, 0.2) is 0 Å². The molecule has 0 aliphatic heterocycles. The summed E-state index contributed by atoms with van der Waals surface area (Å²) >= 11 is 0. The number of ether oxygens (including phenoxy) is 1. The molecule has 0 radical (unpaired) electrons. The summed E-state index contributed by atoms with van der Waals surface area (Å²) in [4.78, 5) is 11.5. The Morgan fingerprint density at radius 2 is 2.00 bits per heavy atom. The Labute approximate surface area is 67.9 Å². The summed E-state index contributed by atoms with van der Waals surface area (Å²) in [5.74, 6) is 0.943. The Hall–Kier alpha value is -0.370. The van der Waals surface area contributed by atoms with Crippen LogP contribution in [0.5, 0.6) is 0 Å². The maximum Gasteiger partial charge on any atom is 0.164 e. The predicted octanol–water partition coefficient (Wildman–Crippen LogP) is 1.64. The van der Waals surface area contributed by atoms with Crippen molar-refractivity contribution in [3.8, 4) is 0 Å². The van der Waals surface area contributed by atoms with E-state index in [1.54, 1.807) is 7.11 Å². The van der Waals surface area contributed by atoms with Gasteiger partial charge in [0.25, 0.3) is 0 Å². The summed E-state index contributed by atoms with van der Waals surface area (Å²) in [6.45, 7) is 4.04. The molecule has 0 heterocycles. The van der Waals surface area contributed by atoms with Crippen molar-refractivity contribution < 1.29 is 9.53 Å². The van der Waals surface area contributed by atoms with E-state index in [9.17, 15) is 4.79 Å². The van der Waals surface area contributed by atoms with E-state index in [0.29, 0.717) is 17.6 Å². The van der Waals surface area contributed by atoms with Gasteiger partial charge in [-0.3, -0.25) is 4.79 Å². The molecule has 0 aromatic carbocycles. The molecule has 0 saturated heterocycles. The Morgan fingerprint density at radius 3 is 2.27 bits per heavy atom. The first-order valence-electron chi connectivity index (χ1n) is 4.23. The van der Waals surface area contributed by atoms with Gasteiger partial charge in [-0.2, -0.15) is 0 Å². The Kier molecular flexibility index (Phi) is 2.66. The molecular formula is C9H16O2. The predicted molar refractivity (Wildman–Crippen MR) is 43.4 cm³/mol. The van der Waals surface area contributed by atoms with Crippen molar-refractivity contribution >= 4 is 5.78 Å². The van der Waals surface area contributed by atoms with Crippen LogP contribution < -0.4 is 0 Å². The van der Waals surface area contributed by atoms with E-state index in [1.165, 1.54) is 0 Å². The van der Waals surface area contributed by atoms with E-state index in [1.807, 2.05) is 13.8 Å². The molecule has 1 unspecified atom stereocenters. The van der Waals surface area contributed by atoms with Gasteiger partial charge in [-0.05, 0) is 18.8 Å². The van der Waals surface area contributed by atoms with Crippen LogP contribution >= 0.6 is 0 Å². The minimum absolute atomic E-state index is 0.164. The monoisotopic (exact) mass is 156 g/mol. The van der Waals surface area contributed by atoms with Gasteiger partial charge in [0.15, 0.2) is 5.78 Å². The molecule has 0 bridgehead atoms. The van der Waals surface area contributed by atoms with Crippen LogP contribution in [0.3, 0.4) is 0 Å². The third-order valence-electron chi connectivity index (χ3n) is 2.12. The van der Waals surface area contributed by atoms with Gasteiger partial charge in [0.1, 0.15) is 6.10 Å². The molecule has 0 aromatic rings. The van der Waals surface area contributed by atoms with E-state index in [-0.39, 0.29) is 6.10 Å². The van der Waals surface area contributed by atoms with Gasteiger partial charge >= 0.3 is 0 Å². The molecule has 1 atom stereocenters. The molecule has 2 nitrogen and oxygen atoms in total. The lowest BCUT2D eigenvalue weighted by Crippen LogP contribution is -2.29. The minimum Gasteiger partial charge on any atom is -0.373 e. The van der Waals surface area contributed by atoms with Crippen LogP contribution in [-0.4, -0.2) is 19.0 Å². The molecule has 1 saturated carbocycles. The van der Waals surface area contributed by atoms with Gasteiger partial charge in [0, 0.05) is 13.0 Å². The molecule has 64 valence electrons. The number of carbonyl (C=O) groups excluding carboxylic acids is 1. The van der Waals surface area contributed by atoms with Crippen LogP contribution in [0.2, 0.25) is 0 Å². The summed E-state index contributed by atoms with van der Waals surface area (Å²) in [6, 6.07) is 0. The van der Waals surface area contributed by atoms with Gasteiger partial charge in [0.2, 0.25) is 0 Å². The SMILES string of the molecule is COC(C(=O)C1CC1)C(C)C. The van der Waals surface area contributed by atoms with Crippen molar-refractivity contribution in [2.24, 2.45) is 11.8 Å². The van der Waals surface area contributed by atoms with E-state index in [0.717, 1.165) is 12.8 Å². The molecule has 0 amide bonds. The number of rotatable bonds is 4. The topological polar surface area (TPSA) is 26.3 Å². The van der Waals surface area contributed by atoms with Crippen molar-refractivity contribution in [3.05, 3.63) is 0 Å². The lowest BCUT2D eigenvalue weighted by Gasteiger charge is -2.16. The van der Waals surface area contributed by atoms with Crippen LogP contribution in [0, 0.1) is 11.8 Å². The number of Topliss-reactive ketones (excluding diaryl/α,β-unsaturated/α-hetero) is 1. The third-order valence-corrected chi connectivity index (χ3v) is 2.12. The highest BCUT2D eigenvalue weighted by Crippen LogP contribution is 2.32. The average molecular weight is 156 g/mol. The van der Waals surface area contributed by atoms with E-state index in [4.69, 9.17) is 4.74 Å². The first-order chi connectivity index (χ1) is 5.16. The molecule has 1 fully saturated rings. The molecule has 2 heteroatoms. The molecule has 0 aromatic heterocycles. The second kappa shape index (κ2) is 3.35. The van der Waals surface area contributed by atoms with Crippen LogP contribution in [-0.2, 0) is 9.53 Å². The van der Waals surface area contributed by atoms with Crippen LogP contribution in [0.4, 0.5) is 0 Å². The smallest absolute Gasteiger partial charge is 0.164 e. The van der Waals surface area contributed by atoms with Gasteiger partial charge in [-0.25, -0.2) is 0 Å². The van der Waals surface area contributed by atoms with Crippen molar-refractivity contribution in [2.75, 3.05) is 7.11 Å². The van der Waals surface area contributed by atoms with Crippen LogP contribution in [0.25, 0.3) is 0 Å². The summed E-state index contributed by atoms with van der Waals surface area (Å²) in [5.41, 5.74) is 0. The van der Waals surface area contributed by atoms with Crippen molar-refractivity contribution in [1.82, 2.24) is 0 Å². The van der Waals surface area contributed by atoms with Gasteiger partial charge in [-0.15, -0.1) is 0 Å². The second-order valence-corrected chi connectivity index (χ2v) is 3.58. The zero-order chi connectivity index (χ0) is 8.43. The van der Waals surface area contributed by atoms with Crippen molar-refractivity contribution in [1.29, 1.82) is 0 Å². The number of ketones is 1. The largest absolute Gasteiger partial charge is 0.373 e. The van der Waals surface area contributed by atoms with Gasteiger partial charge in [-0.1, -0.05) is 13.8 Å². The maximum absolute atomic E-state index is 11.5. The third kappa shape index (κ3) is 2.03. The van der Waals surface area contributed by atoms with E-state index in [2.05, 4.69) is 0 Å². The second-order valence-electron chi connectivity index (χ2n) is 3.58. The quantitative estimate of drug-likeness (QED) is 0.618. The summed E-state index contributed by atoms with van der Waals surface area (Å²) in [7, 11) is 1.62. The first-order valence-corrected chi connectivity index (χ1v) is 4.23. The van der Waals surface area contributed by atoms with Gasteiger partial charge in [0.05, 0.1) is 0 Å². The first kappa shape index (κ1) is 8.72. The fourth-order valence-corrected chi connectivity index (χ4v) is 1.32.